The first-order valence-corrected chi connectivity index (χ1v) is 22.7. The van der Waals surface area contributed by atoms with Crippen molar-refractivity contribution < 1.29 is 18.4 Å². The van der Waals surface area contributed by atoms with Crippen molar-refractivity contribution in [3.05, 3.63) is 120 Å². The molecule has 0 aliphatic carbocycles. The lowest BCUT2D eigenvalue weighted by atomic mass is 10.1. The monoisotopic (exact) mass is 600 g/mol. The molecule has 0 fully saturated rings. The van der Waals surface area contributed by atoms with Crippen molar-refractivity contribution in [3.63, 3.8) is 0 Å². The molecule has 4 aromatic rings. The van der Waals surface area contributed by atoms with Crippen LogP contribution >= 0.6 is 0 Å². The van der Waals surface area contributed by atoms with Crippen LogP contribution in [-0.4, -0.2) is 35.4 Å². The molecule has 0 bridgehead atoms. The van der Waals surface area contributed by atoms with E-state index in [2.05, 4.69) is 99.0 Å². The van der Waals surface area contributed by atoms with Gasteiger partial charge in [-0.2, -0.15) is 0 Å². The maximum Gasteiger partial charge on any atom is 0.386 e. The fourth-order valence-corrected chi connectivity index (χ4v) is 18.6. The summed E-state index contributed by atoms with van der Waals surface area (Å²) in [5.41, 5.74) is 2.31. The molecular weight excluding hydrogens is 557 g/mol. The van der Waals surface area contributed by atoms with Gasteiger partial charge in [-0.15, -0.1) is 0 Å². The Morgan fingerprint density at radius 3 is 1.27 bits per heavy atom. The van der Waals surface area contributed by atoms with Crippen LogP contribution in [-0.2, 0) is 21.1 Å². The normalized spacial score (nSPS) is 12.4. The third-order valence-electron chi connectivity index (χ3n) is 7.46. The molecular formula is C34H44O4Si3. The average molecular weight is 601 g/mol. The van der Waals surface area contributed by atoms with Crippen molar-refractivity contribution in [2.45, 2.75) is 64.0 Å². The van der Waals surface area contributed by atoms with E-state index in [9.17, 15) is 10.2 Å². The maximum atomic E-state index is 9.89. The first-order valence-electron chi connectivity index (χ1n) is 14.6. The number of hydrogen-bond donors (Lipinski definition) is 2. The maximum absolute atomic E-state index is 9.89. The summed E-state index contributed by atoms with van der Waals surface area (Å²) < 4.78 is 15.0. The number of phenolic OH excluding ortho intramolecular Hbond substituents is 2. The summed E-state index contributed by atoms with van der Waals surface area (Å²) in [6, 6.07) is 38.4. The number of benzene rings is 4. The molecule has 0 radical (unpaired) electrons. The van der Waals surface area contributed by atoms with Crippen molar-refractivity contribution in [2.75, 3.05) is 0 Å². The predicted molar refractivity (Wildman–Crippen MR) is 178 cm³/mol. The highest BCUT2D eigenvalue weighted by Gasteiger charge is 2.50. The van der Waals surface area contributed by atoms with Gasteiger partial charge < -0.3 is 18.4 Å². The standard InChI is InChI=1S/C34H44O4Si3/c1-39(2,25-13-17-29-15-11-19-31(35)27-29)37-41(33-21-7-5-8-22-33,34-23-9-6-10-24-34)38-40(3,4)26-14-18-30-16-12-20-32(36)28-30/h5-12,15-16,19-24,27-28,35-36H,13-14,17-18,25-26H2,1-4H3. The Morgan fingerprint density at radius 1 is 0.512 bits per heavy atom. The van der Waals surface area contributed by atoms with Gasteiger partial charge >= 0.3 is 8.56 Å². The molecule has 0 aliphatic heterocycles. The zero-order valence-corrected chi connectivity index (χ0v) is 27.8. The molecule has 0 aromatic heterocycles. The van der Waals surface area contributed by atoms with Crippen LogP contribution in [0.5, 0.6) is 11.5 Å². The third kappa shape index (κ3) is 9.02. The van der Waals surface area contributed by atoms with Gasteiger partial charge in [0, 0.05) is 0 Å². The van der Waals surface area contributed by atoms with Crippen LogP contribution in [0.1, 0.15) is 24.0 Å². The number of aryl methyl sites for hydroxylation is 2. The Hall–Kier alpha value is -2.95. The van der Waals surface area contributed by atoms with Crippen LogP contribution in [0.2, 0.25) is 38.3 Å². The topological polar surface area (TPSA) is 58.9 Å². The molecule has 0 spiro atoms. The summed E-state index contributed by atoms with van der Waals surface area (Å²) in [5, 5.41) is 22.1. The van der Waals surface area contributed by atoms with E-state index in [-0.39, 0.29) is 0 Å². The van der Waals surface area contributed by atoms with Gasteiger partial charge in [0.1, 0.15) is 11.5 Å². The molecule has 0 amide bonds. The molecule has 0 heterocycles. The van der Waals surface area contributed by atoms with Crippen LogP contribution < -0.4 is 10.4 Å². The Labute approximate surface area is 249 Å². The molecule has 0 atom stereocenters. The molecule has 0 saturated heterocycles. The van der Waals surface area contributed by atoms with Gasteiger partial charge in [0.05, 0.1) is 0 Å². The fraction of sp³-hybridized carbons (Fsp3) is 0.294. The van der Waals surface area contributed by atoms with Gasteiger partial charge in [0.15, 0.2) is 16.6 Å². The van der Waals surface area contributed by atoms with E-state index in [1.54, 1.807) is 12.1 Å². The lowest BCUT2D eigenvalue weighted by molar-refractivity contribution is 0.404. The van der Waals surface area contributed by atoms with E-state index >= 15 is 0 Å². The molecule has 4 nitrogen and oxygen atoms in total. The summed E-state index contributed by atoms with van der Waals surface area (Å²) in [7, 11) is -7.44. The molecule has 4 aromatic carbocycles. The Morgan fingerprint density at radius 2 is 0.902 bits per heavy atom. The van der Waals surface area contributed by atoms with Gasteiger partial charge in [-0.1, -0.05) is 84.9 Å². The highest BCUT2D eigenvalue weighted by molar-refractivity contribution is 7.02. The van der Waals surface area contributed by atoms with Crippen LogP contribution in [0, 0.1) is 0 Å². The smallest absolute Gasteiger partial charge is 0.386 e. The Bertz CT molecular complexity index is 1270. The SMILES string of the molecule is C[Si](C)(CCCc1cccc(O)c1)O[Si](O[Si](C)(C)CCCc1cccc(O)c1)(c1ccccc1)c1ccccc1. The van der Waals surface area contributed by atoms with E-state index < -0.39 is 25.2 Å². The zero-order valence-electron chi connectivity index (χ0n) is 24.8. The number of rotatable bonds is 14. The van der Waals surface area contributed by atoms with E-state index in [1.165, 1.54) is 0 Å². The molecule has 41 heavy (non-hydrogen) atoms. The van der Waals surface area contributed by atoms with Gasteiger partial charge in [0.25, 0.3) is 0 Å². The molecule has 2 N–H and O–H groups in total. The van der Waals surface area contributed by atoms with Crippen molar-refractivity contribution in [1.29, 1.82) is 0 Å². The van der Waals surface area contributed by atoms with Crippen molar-refractivity contribution in [2.24, 2.45) is 0 Å². The summed E-state index contributed by atoms with van der Waals surface area (Å²) in [6.07, 6.45) is 3.83. The minimum absolute atomic E-state index is 0.319. The largest absolute Gasteiger partial charge is 0.508 e. The minimum atomic E-state index is -3.05. The molecule has 0 saturated carbocycles. The second-order valence-electron chi connectivity index (χ2n) is 12.1. The van der Waals surface area contributed by atoms with Crippen molar-refractivity contribution in [3.8, 4) is 11.5 Å². The quantitative estimate of drug-likeness (QED) is 0.149. The Kier molecular flexibility index (Phi) is 10.4. The number of aromatic hydroxyl groups is 2. The van der Waals surface area contributed by atoms with E-state index in [1.807, 2.05) is 24.3 Å². The summed E-state index contributed by atoms with van der Waals surface area (Å²) in [4.78, 5) is 0. The summed E-state index contributed by atoms with van der Waals surface area (Å²) >= 11 is 0. The van der Waals surface area contributed by atoms with Gasteiger partial charge in [0.2, 0.25) is 0 Å². The van der Waals surface area contributed by atoms with E-state index in [0.29, 0.717) is 11.5 Å². The average Bonchev–Trinajstić information content (AvgIpc) is 2.93. The first-order chi connectivity index (χ1) is 19.6. The van der Waals surface area contributed by atoms with Gasteiger partial charge in [-0.3, -0.25) is 0 Å². The van der Waals surface area contributed by atoms with Crippen LogP contribution in [0.4, 0.5) is 0 Å². The van der Waals surface area contributed by atoms with Gasteiger partial charge in [-0.05, 0) is 110 Å². The number of hydrogen-bond acceptors (Lipinski definition) is 4. The zero-order chi connectivity index (χ0) is 29.3. The third-order valence-corrected chi connectivity index (χ3v) is 19.5. The first kappa shape index (κ1) is 31.0. The lowest BCUT2D eigenvalue weighted by Gasteiger charge is -2.43. The summed E-state index contributed by atoms with van der Waals surface area (Å²) in [5.74, 6) is 0.638. The second kappa shape index (κ2) is 13.8. The predicted octanol–water partition coefficient (Wildman–Crippen LogP) is 7.36. The van der Waals surface area contributed by atoms with E-state index in [4.69, 9.17) is 8.23 Å². The Balaban J connectivity index is 1.59. The summed E-state index contributed by atoms with van der Waals surface area (Å²) in [6.45, 7) is 9.29. The molecule has 216 valence electrons. The van der Waals surface area contributed by atoms with Crippen LogP contribution in [0.25, 0.3) is 0 Å². The molecule has 4 rings (SSSR count). The molecule has 7 heteroatoms. The highest BCUT2D eigenvalue weighted by atomic mass is 28.5. The molecule has 0 aliphatic rings. The second-order valence-corrected chi connectivity index (χ2v) is 24.2. The lowest BCUT2D eigenvalue weighted by Crippen LogP contribution is -2.70. The van der Waals surface area contributed by atoms with Gasteiger partial charge in [-0.25, -0.2) is 0 Å². The van der Waals surface area contributed by atoms with Crippen molar-refractivity contribution >= 4 is 35.6 Å². The fourth-order valence-electron chi connectivity index (χ4n) is 5.48. The number of phenols is 2. The highest BCUT2D eigenvalue weighted by Crippen LogP contribution is 2.28. The van der Waals surface area contributed by atoms with Crippen LogP contribution in [0.3, 0.4) is 0 Å². The van der Waals surface area contributed by atoms with Crippen molar-refractivity contribution in [1.82, 2.24) is 0 Å². The van der Waals surface area contributed by atoms with E-state index in [0.717, 1.165) is 59.3 Å². The molecule has 0 unspecified atom stereocenters. The van der Waals surface area contributed by atoms with Crippen LogP contribution in [0.15, 0.2) is 109 Å². The minimum Gasteiger partial charge on any atom is -0.508 e.